The number of nitrogens with zero attached hydrogens (tertiary/aromatic N) is 1. The van der Waals surface area contributed by atoms with Crippen molar-refractivity contribution in [1.29, 1.82) is 0 Å². The summed E-state index contributed by atoms with van der Waals surface area (Å²) >= 11 is 5.96. The fourth-order valence-electron chi connectivity index (χ4n) is 2.58. The first-order valence-corrected chi connectivity index (χ1v) is 8.27. The molecular formula is C20H17ClN2O2. The molecule has 2 N–H and O–H groups in total. The van der Waals surface area contributed by atoms with E-state index in [0.717, 1.165) is 16.7 Å². The topological polar surface area (TPSA) is 65.2 Å². The van der Waals surface area contributed by atoms with E-state index in [1.807, 2.05) is 48.5 Å². The Morgan fingerprint density at radius 3 is 2.32 bits per heavy atom. The second-order valence-electron chi connectivity index (χ2n) is 5.41. The van der Waals surface area contributed by atoms with E-state index in [4.69, 9.17) is 22.1 Å². The number of esters is 1. The molecular weight excluding hydrogens is 336 g/mol. The van der Waals surface area contributed by atoms with Crippen LogP contribution in [0.15, 0.2) is 60.7 Å². The molecule has 0 saturated carbocycles. The van der Waals surface area contributed by atoms with E-state index in [0.29, 0.717) is 10.6 Å². The highest BCUT2D eigenvalue weighted by Gasteiger charge is 2.19. The molecule has 126 valence electrons. The van der Waals surface area contributed by atoms with Crippen LogP contribution in [0.4, 0.5) is 5.82 Å². The Morgan fingerprint density at radius 2 is 1.68 bits per heavy atom. The largest absolute Gasteiger partial charge is 0.461 e. The van der Waals surface area contributed by atoms with Crippen molar-refractivity contribution in [2.24, 2.45) is 0 Å². The lowest BCUT2D eigenvalue weighted by Gasteiger charge is -2.13. The van der Waals surface area contributed by atoms with E-state index in [-0.39, 0.29) is 18.1 Å². The van der Waals surface area contributed by atoms with Gasteiger partial charge in [-0.05, 0) is 36.2 Å². The number of carbonyl (C=O) groups is 1. The van der Waals surface area contributed by atoms with E-state index >= 15 is 0 Å². The van der Waals surface area contributed by atoms with Crippen LogP contribution in [0, 0.1) is 0 Å². The fourth-order valence-corrected chi connectivity index (χ4v) is 2.71. The lowest BCUT2D eigenvalue weighted by atomic mass is 9.98. The van der Waals surface area contributed by atoms with E-state index in [1.54, 1.807) is 19.1 Å². The summed E-state index contributed by atoms with van der Waals surface area (Å²) in [6.45, 7) is 2.03. The van der Waals surface area contributed by atoms with Gasteiger partial charge in [-0.15, -0.1) is 0 Å². The average Bonchev–Trinajstić information content (AvgIpc) is 2.63. The van der Waals surface area contributed by atoms with Gasteiger partial charge in [-0.3, -0.25) is 0 Å². The number of rotatable bonds is 4. The summed E-state index contributed by atoms with van der Waals surface area (Å²) in [7, 11) is 0. The lowest BCUT2D eigenvalue weighted by Crippen LogP contribution is -2.11. The highest BCUT2D eigenvalue weighted by Crippen LogP contribution is 2.33. The van der Waals surface area contributed by atoms with Gasteiger partial charge in [0, 0.05) is 16.1 Å². The third kappa shape index (κ3) is 3.64. The Hall–Kier alpha value is -2.85. The smallest absolute Gasteiger partial charge is 0.357 e. The molecule has 5 heteroatoms. The van der Waals surface area contributed by atoms with Crippen molar-refractivity contribution in [3.8, 4) is 22.3 Å². The van der Waals surface area contributed by atoms with Crippen LogP contribution in [0.3, 0.4) is 0 Å². The first kappa shape index (κ1) is 17.0. The van der Waals surface area contributed by atoms with Gasteiger partial charge < -0.3 is 10.5 Å². The van der Waals surface area contributed by atoms with Crippen molar-refractivity contribution < 1.29 is 9.53 Å². The third-order valence-electron chi connectivity index (χ3n) is 3.76. The molecule has 0 amide bonds. The van der Waals surface area contributed by atoms with E-state index in [9.17, 15) is 4.79 Å². The minimum Gasteiger partial charge on any atom is -0.461 e. The summed E-state index contributed by atoms with van der Waals surface area (Å²) in [6, 6.07) is 18.7. The molecule has 0 aliphatic carbocycles. The Bertz CT molecular complexity index is 894. The van der Waals surface area contributed by atoms with Gasteiger partial charge in [-0.1, -0.05) is 54.1 Å². The minimum absolute atomic E-state index is 0.211. The lowest BCUT2D eigenvalue weighted by molar-refractivity contribution is 0.0520. The number of anilines is 1. The van der Waals surface area contributed by atoms with Gasteiger partial charge in [0.1, 0.15) is 5.82 Å². The summed E-state index contributed by atoms with van der Waals surface area (Å²) in [6.07, 6.45) is 0. The van der Waals surface area contributed by atoms with Gasteiger partial charge in [0.15, 0.2) is 5.69 Å². The summed E-state index contributed by atoms with van der Waals surface area (Å²) in [5, 5.41) is 0.640. The van der Waals surface area contributed by atoms with Gasteiger partial charge in [-0.2, -0.15) is 0 Å². The molecule has 0 bridgehead atoms. The maximum absolute atomic E-state index is 12.3. The van der Waals surface area contributed by atoms with Gasteiger partial charge >= 0.3 is 5.97 Å². The quantitative estimate of drug-likeness (QED) is 0.683. The first-order valence-electron chi connectivity index (χ1n) is 7.89. The number of hydrogen-bond acceptors (Lipinski definition) is 4. The molecule has 2 aromatic carbocycles. The van der Waals surface area contributed by atoms with Gasteiger partial charge in [0.25, 0.3) is 0 Å². The fraction of sp³-hybridized carbons (Fsp3) is 0.100. The van der Waals surface area contributed by atoms with Crippen molar-refractivity contribution in [2.45, 2.75) is 6.92 Å². The van der Waals surface area contributed by atoms with Crippen LogP contribution in [0.2, 0.25) is 5.02 Å². The molecule has 1 aromatic heterocycles. The number of benzene rings is 2. The standard InChI is InChI=1S/C20H17ClN2O2/c1-2-25-20(24)18-16(13-6-4-3-5-7-13)12-17(19(22)23-18)14-8-10-15(21)11-9-14/h3-12H,2H2,1H3,(H2,22,23). The molecule has 3 aromatic rings. The second kappa shape index (κ2) is 7.36. The summed E-state index contributed by atoms with van der Waals surface area (Å²) < 4.78 is 5.13. The van der Waals surface area contributed by atoms with Crippen LogP contribution in [-0.4, -0.2) is 17.6 Å². The van der Waals surface area contributed by atoms with Gasteiger partial charge in [0.05, 0.1) is 6.61 Å². The third-order valence-corrected chi connectivity index (χ3v) is 4.01. The van der Waals surface area contributed by atoms with Crippen molar-refractivity contribution >= 4 is 23.4 Å². The predicted molar refractivity (Wildman–Crippen MR) is 100 cm³/mol. The molecule has 0 atom stereocenters. The zero-order valence-corrected chi connectivity index (χ0v) is 14.5. The summed E-state index contributed by atoms with van der Waals surface area (Å²) in [5.74, 6) is -0.222. The molecule has 25 heavy (non-hydrogen) atoms. The Labute approximate surface area is 151 Å². The SMILES string of the molecule is CCOC(=O)c1nc(N)c(-c2ccc(Cl)cc2)cc1-c1ccccc1. The molecule has 0 unspecified atom stereocenters. The van der Waals surface area contributed by atoms with Crippen LogP contribution >= 0.6 is 11.6 Å². The molecule has 0 aliphatic heterocycles. The van der Waals surface area contributed by atoms with Crippen LogP contribution in [0.25, 0.3) is 22.3 Å². The Morgan fingerprint density at radius 1 is 1.04 bits per heavy atom. The zero-order valence-electron chi connectivity index (χ0n) is 13.7. The number of carbonyl (C=O) groups excluding carboxylic acids is 1. The average molecular weight is 353 g/mol. The molecule has 0 aliphatic rings. The highest BCUT2D eigenvalue weighted by atomic mass is 35.5. The van der Waals surface area contributed by atoms with Gasteiger partial charge in [0.2, 0.25) is 0 Å². The number of halogens is 1. The van der Waals surface area contributed by atoms with Crippen LogP contribution in [-0.2, 0) is 4.74 Å². The number of hydrogen-bond donors (Lipinski definition) is 1. The second-order valence-corrected chi connectivity index (χ2v) is 5.85. The minimum atomic E-state index is -0.490. The molecule has 1 heterocycles. The molecule has 3 rings (SSSR count). The highest BCUT2D eigenvalue weighted by molar-refractivity contribution is 6.30. The van der Waals surface area contributed by atoms with Crippen molar-refractivity contribution in [3.63, 3.8) is 0 Å². The number of nitrogen functional groups attached to an aromatic ring is 1. The number of ether oxygens (including phenoxy) is 1. The predicted octanol–water partition coefficient (Wildman–Crippen LogP) is 4.83. The molecule has 0 spiro atoms. The van der Waals surface area contributed by atoms with Crippen molar-refractivity contribution in [2.75, 3.05) is 12.3 Å². The van der Waals surface area contributed by atoms with Crippen LogP contribution in [0.1, 0.15) is 17.4 Å². The normalized spacial score (nSPS) is 10.5. The Kier molecular flexibility index (Phi) is 5.00. The molecule has 0 radical (unpaired) electrons. The molecule has 4 nitrogen and oxygen atoms in total. The Balaban J connectivity index is 2.19. The van der Waals surface area contributed by atoms with Gasteiger partial charge in [-0.25, -0.2) is 9.78 Å². The first-order chi connectivity index (χ1) is 12.1. The summed E-state index contributed by atoms with van der Waals surface area (Å²) in [5.41, 5.74) is 9.50. The molecule has 0 fully saturated rings. The number of nitrogens with two attached hydrogens (primary N) is 1. The van der Waals surface area contributed by atoms with E-state index in [1.165, 1.54) is 0 Å². The van der Waals surface area contributed by atoms with E-state index < -0.39 is 5.97 Å². The van der Waals surface area contributed by atoms with Crippen LogP contribution in [0.5, 0.6) is 0 Å². The maximum atomic E-state index is 12.3. The van der Waals surface area contributed by atoms with Crippen LogP contribution < -0.4 is 5.73 Å². The van der Waals surface area contributed by atoms with Crippen molar-refractivity contribution in [3.05, 3.63) is 71.4 Å². The van der Waals surface area contributed by atoms with Crippen molar-refractivity contribution in [1.82, 2.24) is 4.98 Å². The maximum Gasteiger partial charge on any atom is 0.357 e. The number of pyridine rings is 1. The van der Waals surface area contributed by atoms with E-state index in [2.05, 4.69) is 4.98 Å². The monoisotopic (exact) mass is 352 g/mol. The molecule has 0 saturated heterocycles. The number of aromatic nitrogens is 1. The summed E-state index contributed by atoms with van der Waals surface area (Å²) in [4.78, 5) is 16.7. The zero-order chi connectivity index (χ0) is 17.8.